The minimum absolute atomic E-state index is 0.0344. The molecule has 0 bridgehead atoms. The monoisotopic (exact) mass is 1780 g/mol. The van der Waals surface area contributed by atoms with E-state index in [0.29, 0.717) is 62.9 Å². The summed E-state index contributed by atoms with van der Waals surface area (Å²) in [4.78, 5) is 229. The average molecular weight is 1780 g/mol. The second-order valence-electron chi connectivity index (χ2n) is 32.3. The van der Waals surface area contributed by atoms with Gasteiger partial charge in [-0.2, -0.15) is 0 Å². The van der Waals surface area contributed by atoms with Crippen LogP contribution in [0.1, 0.15) is 106 Å². The number of nitrogens with zero attached hydrogens (tertiary/aromatic N) is 5. The lowest BCUT2D eigenvalue weighted by molar-refractivity contribution is -0.152. The highest BCUT2D eigenvalue weighted by Crippen LogP contribution is 2.29. The van der Waals surface area contributed by atoms with Crippen molar-refractivity contribution in [3.8, 4) is 11.5 Å². The summed E-state index contributed by atoms with van der Waals surface area (Å²) in [5.41, 5.74) is 8.55. The molecular weight excluding hydrogens is 1670 g/mol. The van der Waals surface area contributed by atoms with Crippen LogP contribution >= 0.6 is 23.1 Å². The molecule has 2 aliphatic rings. The summed E-state index contributed by atoms with van der Waals surface area (Å²) in [5, 5.41) is 58.3. The molecule has 0 aliphatic carbocycles. The first-order chi connectivity index (χ1) is 60.7. The fraction of sp³-hybridized carbons (Fsp3) is 0.424. The number of likely N-dealkylation sites (N-methyl/N-ethyl adjacent to an activating group) is 4. The molecule has 0 saturated carbocycles. The van der Waals surface area contributed by atoms with Crippen LogP contribution in [0.4, 0.5) is 4.79 Å². The zero-order valence-corrected chi connectivity index (χ0v) is 74.1. The standard InChI is InChI=1S/C92H115N15O18S2/c1-9-11-31-74-91(124)107-42-23-32-73(107)85(118)100-71(51-108)84(117)96-65(10-2)87(120)104(6)75(47-57-26-17-13-18-27-57)86(119)99-70(46-60-36-40-63(110)41-37-60)89(122)106(8)92(125)102-68(49-61-52-127-77-33-22-21-30-64(61)77)83(116)98-67(44-59-34-38-62(109)39-35-59)82(115)97-66(43-55(3)4)81(114)101-72(80(113)94-50-78(93)111)53-126-54-79(112)95-69(45-56-24-15-12-16-25-56)88(121)105(7)76(90(123)103(74)5)48-58-28-19-14-20-29-58/h12-22,24-30,33-41,52,55,65-76,108-110H,9-11,23,31-32,42-51,53-54H2,1-8H3,(H2,93,111)(H,94,113)(H,95,112)(H,96,117)(H,97,115)(H,98,116)(H,99,119)(H,100,118)(H,101,114)(H,102,125)/t65-,66-,67-,68-,69-,70-,71-,72-,73+,74-,75?,76?/m0/s1. The van der Waals surface area contributed by atoms with Crippen molar-refractivity contribution in [2.75, 3.05) is 59.4 Å². The van der Waals surface area contributed by atoms with E-state index in [-0.39, 0.29) is 93.9 Å². The second-order valence-corrected chi connectivity index (χ2v) is 34.2. The lowest BCUT2D eigenvalue weighted by Crippen LogP contribution is -2.61. The third-order valence-corrected chi connectivity index (χ3v) is 24.5. The Bertz CT molecular complexity index is 4990. The van der Waals surface area contributed by atoms with Crippen molar-refractivity contribution < 1.29 is 87.2 Å². The number of nitrogens with two attached hydrogens (primary N) is 1. The maximum absolute atomic E-state index is 15.6. The van der Waals surface area contributed by atoms with Crippen LogP contribution in [0, 0.1) is 5.92 Å². The second kappa shape index (κ2) is 47.5. The topological polar surface area (TPSA) is 467 Å². The van der Waals surface area contributed by atoms with Gasteiger partial charge in [0.25, 0.3) is 5.91 Å². The van der Waals surface area contributed by atoms with Gasteiger partial charge in [0, 0.05) is 83.7 Å². The van der Waals surface area contributed by atoms with Crippen LogP contribution < -0.4 is 53.6 Å². The van der Waals surface area contributed by atoms with Gasteiger partial charge in [-0.3, -0.25) is 72.0 Å². The van der Waals surface area contributed by atoms with Crippen LogP contribution in [-0.2, 0) is 106 Å². The quantitative estimate of drug-likeness (QED) is 0.0462. The summed E-state index contributed by atoms with van der Waals surface area (Å²) >= 11 is 2.18. The molecule has 9 rings (SSSR count). The molecule has 16 amide bonds. The molecular formula is C92H115N15O18S2. The van der Waals surface area contributed by atoms with Gasteiger partial charge in [0.05, 0.1) is 18.9 Å². The summed E-state index contributed by atoms with van der Waals surface area (Å²) in [6.07, 6.45) is -0.0475. The highest BCUT2D eigenvalue weighted by molar-refractivity contribution is 8.00. The van der Waals surface area contributed by atoms with Gasteiger partial charge in [0.2, 0.25) is 76.8 Å². The Balaban J connectivity index is 1.12. The van der Waals surface area contributed by atoms with Crippen molar-refractivity contribution in [3.63, 3.8) is 0 Å². The molecule has 3 heterocycles. The number of unbranched alkanes of at least 4 members (excludes halogenated alkanes) is 1. The van der Waals surface area contributed by atoms with Crippen molar-refractivity contribution in [1.82, 2.24) is 72.4 Å². The molecule has 2 aliphatic heterocycles. The van der Waals surface area contributed by atoms with Crippen LogP contribution in [0.25, 0.3) is 10.1 Å². The molecule has 12 atom stereocenters. The van der Waals surface area contributed by atoms with Crippen LogP contribution in [0.3, 0.4) is 0 Å². The molecule has 0 radical (unpaired) electrons. The zero-order valence-electron chi connectivity index (χ0n) is 72.5. The fourth-order valence-electron chi connectivity index (χ4n) is 15.3. The number of hydrogen-bond donors (Lipinski definition) is 13. The molecule has 678 valence electrons. The Labute approximate surface area is 746 Å². The number of aliphatic hydroxyl groups is 1. The number of benzene rings is 6. The van der Waals surface area contributed by atoms with Gasteiger partial charge in [-0.25, -0.2) is 4.79 Å². The Kier molecular flexibility index (Phi) is 36.7. The summed E-state index contributed by atoms with van der Waals surface area (Å²) in [7, 11) is 5.24. The summed E-state index contributed by atoms with van der Waals surface area (Å²) < 4.78 is 0.803. The normalized spacial score (nSPS) is 23.0. The number of rotatable bonds is 22. The van der Waals surface area contributed by atoms with E-state index in [0.717, 1.165) is 28.4 Å². The molecule has 14 N–H and O–H groups in total. The number of phenolic OH excluding ortho intramolecular Hbond substituents is 2. The number of aliphatic hydroxyl groups excluding tert-OH is 1. The van der Waals surface area contributed by atoms with Crippen LogP contribution in [-0.4, -0.2) is 260 Å². The number of nitrogens with one attached hydrogen (secondary N) is 9. The first-order valence-corrected chi connectivity index (χ1v) is 44.5. The molecule has 7 aromatic rings. The van der Waals surface area contributed by atoms with Gasteiger partial charge in [-0.15, -0.1) is 23.1 Å². The van der Waals surface area contributed by atoms with E-state index in [9.17, 15) is 44.1 Å². The maximum Gasteiger partial charge on any atom is 0.324 e. The lowest BCUT2D eigenvalue weighted by Gasteiger charge is -2.38. The number of carbonyl (C=O) groups is 15. The number of primary amides is 1. The summed E-state index contributed by atoms with van der Waals surface area (Å²) in [6, 6.07) is 25.5. The molecule has 35 heteroatoms. The van der Waals surface area contributed by atoms with Gasteiger partial charge in [0.15, 0.2) is 0 Å². The number of urea groups is 1. The predicted octanol–water partition coefficient (Wildman–Crippen LogP) is 3.46. The van der Waals surface area contributed by atoms with Gasteiger partial charge >= 0.3 is 6.03 Å². The average Bonchev–Trinajstić information content (AvgIpc) is 1.66. The van der Waals surface area contributed by atoms with E-state index >= 15 is 43.2 Å². The third-order valence-electron chi connectivity index (χ3n) is 22.4. The Morgan fingerprint density at radius 3 is 1.53 bits per heavy atom. The van der Waals surface area contributed by atoms with Crippen molar-refractivity contribution in [3.05, 3.63) is 203 Å². The van der Waals surface area contributed by atoms with E-state index < -0.39 is 180 Å². The highest BCUT2D eigenvalue weighted by atomic mass is 32.2. The Morgan fingerprint density at radius 1 is 0.488 bits per heavy atom. The van der Waals surface area contributed by atoms with Gasteiger partial charge in [-0.1, -0.05) is 174 Å². The third kappa shape index (κ3) is 27.9. The number of imide groups is 1. The summed E-state index contributed by atoms with van der Waals surface area (Å²) in [6.45, 7) is 5.31. The first kappa shape index (κ1) is 98.0. The Hall–Kier alpha value is -12.8. The number of fused-ring (bicyclic) bond motifs is 2. The van der Waals surface area contributed by atoms with E-state index in [4.69, 9.17) is 5.73 Å². The highest BCUT2D eigenvalue weighted by Gasteiger charge is 2.45. The van der Waals surface area contributed by atoms with Crippen molar-refractivity contribution in [2.24, 2.45) is 11.7 Å². The number of thioether (sulfide) groups is 1. The lowest BCUT2D eigenvalue weighted by atomic mass is 9.99. The SMILES string of the molecule is CCCC[C@H]1C(=O)N2CCC[C@@H]2C(=O)N[C@@H](CO)C(=O)N[C@@H](CC)C(=O)N(C)C(Cc2ccccc2)C(=O)N[C@@H](Cc2ccc(O)cc2)C(=O)N(C)C(=O)N[C@@H](Cc2csc3ccccc23)C(=O)N[C@@H](Cc2ccc(O)cc2)C(=O)N[C@@H](CC(C)C)C(=O)N[C@H](C(=O)NCC(N)=O)CSCC(=O)N[C@@H](Cc2ccccc2)C(=O)N(C)C(Cc2ccccc2)C(=O)N1C. The largest absolute Gasteiger partial charge is 0.508 e. The number of hydrogen-bond acceptors (Lipinski definition) is 20. The van der Waals surface area contributed by atoms with Crippen LogP contribution in [0.5, 0.6) is 11.5 Å². The number of carbonyl (C=O) groups excluding carboxylic acids is 15. The van der Waals surface area contributed by atoms with E-state index in [2.05, 4.69) is 47.9 Å². The zero-order chi connectivity index (χ0) is 92.1. The summed E-state index contributed by atoms with van der Waals surface area (Å²) in [5.74, 6) is -13.7. The molecule has 1 aromatic heterocycles. The molecule has 2 fully saturated rings. The first-order valence-electron chi connectivity index (χ1n) is 42.4. The van der Waals surface area contributed by atoms with Gasteiger partial charge < -0.3 is 88.5 Å². The maximum atomic E-state index is 15.6. The van der Waals surface area contributed by atoms with Gasteiger partial charge in [0.1, 0.15) is 84.0 Å². The number of thiophene rings is 1. The molecule has 2 saturated heterocycles. The number of phenols is 2. The smallest absolute Gasteiger partial charge is 0.324 e. The van der Waals surface area contributed by atoms with Gasteiger partial charge in [-0.05, 0) is 113 Å². The fourth-order valence-corrected chi connectivity index (χ4v) is 17.1. The minimum Gasteiger partial charge on any atom is -0.508 e. The molecule has 6 aromatic carbocycles. The van der Waals surface area contributed by atoms with Crippen molar-refractivity contribution >= 4 is 122 Å². The van der Waals surface area contributed by atoms with E-state index in [1.807, 2.05) is 19.1 Å². The van der Waals surface area contributed by atoms with Crippen molar-refractivity contribution in [1.29, 1.82) is 0 Å². The van der Waals surface area contributed by atoms with Crippen LogP contribution in [0.15, 0.2) is 169 Å². The molecule has 0 spiro atoms. The molecule has 127 heavy (non-hydrogen) atoms. The minimum atomic E-state index is -1.73. The Morgan fingerprint density at radius 2 is 0.961 bits per heavy atom. The van der Waals surface area contributed by atoms with Crippen molar-refractivity contribution in [2.45, 2.75) is 184 Å². The van der Waals surface area contributed by atoms with E-state index in [1.54, 1.807) is 129 Å². The predicted molar refractivity (Wildman–Crippen MR) is 478 cm³/mol. The molecule has 2 unspecified atom stereocenters. The molecule has 33 nitrogen and oxygen atoms in total. The van der Waals surface area contributed by atoms with E-state index in [1.165, 1.54) is 95.7 Å². The number of amides is 16. The number of aromatic hydroxyl groups is 2. The van der Waals surface area contributed by atoms with Crippen LogP contribution in [0.2, 0.25) is 0 Å².